The highest BCUT2D eigenvalue weighted by Gasteiger charge is 2.22. The monoisotopic (exact) mass is 229 g/mol. The van der Waals surface area contributed by atoms with Gasteiger partial charge in [0, 0.05) is 32.2 Å². The van der Waals surface area contributed by atoms with Gasteiger partial charge < -0.3 is 0 Å². The van der Waals surface area contributed by atoms with Crippen molar-refractivity contribution in [3.8, 4) is 6.07 Å². The smallest absolute Gasteiger partial charge is 0.0869 e. The van der Waals surface area contributed by atoms with Gasteiger partial charge in [0.1, 0.15) is 0 Å². The minimum atomic E-state index is 0.479. The first-order chi connectivity index (χ1) is 8.29. The number of hydrogen-bond donors (Lipinski definition) is 0. The lowest BCUT2D eigenvalue weighted by molar-refractivity contribution is 0.0896. The molecule has 3 heteroatoms. The Morgan fingerprint density at radius 1 is 1.29 bits per heavy atom. The molecule has 3 nitrogen and oxygen atoms in total. The van der Waals surface area contributed by atoms with Gasteiger partial charge in [-0.1, -0.05) is 30.3 Å². The van der Waals surface area contributed by atoms with Gasteiger partial charge in [-0.15, -0.1) is 0 Å². The average Bonchev–Trinajstić information content (AvgIpc) is 2.34. The molecule has 17 heavy (non-hydrogen) atoms. The first kappa shape index (κ1) is 12.1. The van der Waals surface area contributed by atoms with Crippen molar-refractivity contribution in [3.05, 3.63) is 35.9 Å². The van der Waals surface area contributed by atoms with E-state index >= 15 is 0 Å². The highest BCUT2D eigenvalue weighted by molar-refractivity contribution is 5.14. The molecule has 2 rings (SSSR count). The maximum absolute atomic E-state index is 8.73. The Balaban J connectivity index is 1.88. The second-order valence-electron chi connectivity index (χ2n) is 4.70. The van der Waals surface area contributed by atoms with Gasteiger partial charge in [-0.3, -0.25) is 9.80 Å². The number of hydrogen-bond acceptors (Lipinski definition) is 3. The van der Waals surface area contributed by atoms with E-state index in [1.807, 2.05) is 0 Å². The van der Waals surface area contributed by atoms with Crippen LogP contribution in [0.2, 0.25) is 0 Å². The molecule has 1 aliphatic heterocycles. The molecule has 1 aromatic carbocycles. The third kappa shape index (κ3) is 3.29. The third-order valence-corrected chi connectivity index (χ3v) is 3.37. The van der Waals surface area contributed by atoms with E-state index in [0.29, 0.717) is 12.6 Å². The summed E-state index contributed by atoms with van der Waals surface area (Å²) in [7, 11) is 0. The van der Waals surface area contributed by atoms with E-state index in [1.54, 1.807) is 0 Å². The van der Waals surface area contributed by atoms with Gasteiger partial charge in [0.25, 0.3) is 0 Å². The van der Waals surface area contributed by atoms with Crippen molar-refractivity contribution < 1.29 is 0 Å². The molecule has 0 aliphatic carbocycles. The third-order valence-electron chi connectivity index (χ3n) is 3.37. The number of rotatable bonds is 3. The predicted molar refractivity (Wildman–Crippen MR) is 68.4 cm³/mol. The van der Waals surface area contributed by atoms with Crippen LogP contribution in [0, 0.1) is 11.3 Å². The Morgan fingerprint density at radius 2 is 2.06 bits per heavy atom. The largest absolute Gasteiger partial charge is 0.296 e. The summed E-state index contributed by atoms with van der Waals surface area (Å²) in [5, 5.41) is 8.73. The van der Waals surface area contributed by atoms with Crippen LogP contribution in [0.5, 0.6) is 0 Å². The normalized spacial score (nSPS) is 22.2. The van der Waals surface area contributed by atoms with Gasteiger partial charge in [-0.2, -0.15) is 5.26 Å². The molecule has 90 valence electrons. The van der Waals surface area contributed by atoms with Crippen molar-refractivity contribution in [2.45, 2.75) is 19.5 Å². The molecule has 0 saturated carbocycles. The van der Waals surface area contributed by atoms with Crippen molar-refractivity contribution in [3.63, 3.8) is 0 Å². The Kier molecular flexibility index (Phi) is 4.13. The van der Waals surface area contributed by atoms with Gasteiger partial charge >= 0.3 is 0 Å². The summed E-state index contributed by atoms with van der Waals surface area (Å²) < 4.78 is 0. The standard InChI is InChI=1S/C14H19N3/c1-13-11-16(9-10-17(13)8-7-15)12-14-5-3-2-4-6-14/h2-6,13H,8-12H2,1H3/t13-/m1/s1. The lowest BCUT2D eigenvalue weighted by Gasteiger charge is -2.38. The zero-order valence-corrected chi connectivity index (χ0v) is 10.3. The summed E-state index contributed by atoms with van der Waals surface area (Å²) in [5.74, 6) is 0. The number of benzene rings is 1. The maximum Gasteiger partial charge on any atom is 0.0869 e. The summed E-state index contributed by atoms with van der Waals surface area (Å²) in [6, 6.07) is 13.3. The first-order valence-corrected chi connectivity index (χ1v) is 6.17. The van der Waals surface area contributed by atoms with Crippen LogP contribution in [0.3, 0.4) is 0 Å². The summed E-state index contributed by atoms with van der Waals surface area (Å²) in [5.41, 5.74) is 1.37. The molecule has 0 radical (unpaired) electrons. The summed E-state index contributed by atoms with van der Waals surface area (Å²) in [4.78, 5) is 4.72. The molecule has 1 saturated heterocycles. The van der Waals surface area contributed by atoms with Crippen LogP contribution in [0.25, 0.3) is 0 Å². The van der Waals surface area contributed by atoms with Crippen molar-refractivity contribution in [2.75, 3.05) is 26.2 Å². The molecule has 1 fully saturated rings. The quantitative estimate of drug-likeness (QED) is 0.739. The lowest BCUT2D eigenvalue weighted by Crippen LogP contribution is -2.51. The van der Waals surface area contributed by atoms with Gasteiger partial charge in [-0.25, -0.2) is 0 Å². The minimum Gasteiger partial charge on any atom is -0.296 e. The number of nitrogens with zero attached hydrogens (tertiary/aromatic N) is 3. The van der Waals surface area contributed by atoms with E-state index in [2.05, 4.69) is 53.1 Å². The lowest BCUT2D eigenvalue weighted by atomic mass is 10.1. The highest BCUT2D eigenvalue weighted by atomic mass is 15.3. The van der Waals surface area contributed by atoms with Crippen LogP contribution in [0.15, 0.2) is 30.3 Å². The topological polar surface area (TPSA) is 30.3 Å². The number of piperazine rings is 1. The molecule has 0 bridgehead atoms. The SMILES string of the molecule is C[C@@H]1CN(Cc2ccccc2)CCN1CC#N. The summed E-state index contributed by atoms with van der Waals surface area (Å²) in [6.45, 7) is 6.89. The predicted octanol–water partition coefficient (Wildman–Crippen LogP) is 1.72. The van der Waals surface area contributed by atoms with Crippen LogP contribution in [-0.2, 0) is 6.54 Å². The first-order valence-electron chi connectivity index (χ1n) is 6.17. The van der Waals surface area contributed by atoms with Crippen molar-refractivity contribution in [2.24, 2.45) is 0 Å². The zero-order chi connectivity index (χ0) is 12.1. The molecule has 0 amide bonds. The Bertz CT molecular complexity index is 382. The molecule has 0 unspecified atom stereocenters. The molecule has 0 spiro atoms. The fraction of sp³-hybridized carbons (Fsp3) is 0.500. The maximum atomic E-state index is 8.73. The van der Waals surface area contributed by atoms with Crippen LogP contribution < -0.4 is 0 Å². The molecule has 0 N–H and O–H groups in total. The fourth-order valence-electron chi connectivity index (χ4n) is 2.38. The van der Waals surface area contributed by atoms with E-state index in [9.17, 15) is 0 Å². The fourth-order valence-corrected chi connectivity index (χ4v) is 2.38. The van der Waals surface area contributed by atoms with E-state index in [-0.39, 0.29) is 0 Å². The molecule has 0 aromatic heterocycles. The molecular weight excluding hydrogens is 210 g/mol. The second kappa shape index (κ2) is 5.81. The van der Waals surface area contributed by atoms with E-state index in [4.69, 9.17) is 5.26 Å². The van der Waals surface area contributed by atoms with Gasteiger partial charge in [0.15, 0.2) is 0 Å². The van der Waals surface area contributed by atoms with Crippen LogP contribution in [0.1, 0.15) is 12.5 Å². The molecule has 1 heterocycles. The minimum absolute atomic E-state index is 0.479. The van der Waals surface area contributed by atoms with Crippen molar-refractivity contribution in [1.82, 2.24) is 9.80 Å². The van der Waals surface area contributed by atoms with Crippen LogP contribution in [0.4, 0.5) is 0 Å². The average molecular weight is 229 g/mol. The molecule has 1 aliphatic rings. The van der Waals surface area contributed by atoms with Crippen molar-refractivity contribution in [1.29, 1.82) is 5.26 Å². The molecule has 1 atom stereocenters. The Morgan fingerprint density at radius 3 is 2.71 bits per heavy atom. The molecular formula is C14H19N3. The van der Waals surface area contributed by atoms with E-state index < -0.39 is 0 Å². The van der Waals surface area contributed by atoms with Gasteiger partial charge in [0.2, 0.25) is 0 Å². The van der Waals surface area contributed by atoms with Crippen LogP contribution >= 0.6 is 0 Å². The van der Waals surface area contributed by atoms with E-state index in [1.165, 1.54) is 5.56 Å². The second-order valence-corrected chi connectivity index (χ2v) is 4.70. The summed E-state index contributed by atoms with van der Waals surface area (Å²) >= 11 is 0. The van der Waals surface area contributed by atoms with Crippen molar-refractivity contribution >= 4 is 0 Å². The van der Waals surface area contributed by atoms with Gasteiger partial charge in [-0.05, 0) is 12.5 Å². The number of nitriles is 1. The Hall–Kier alpha value is -1.37. The van der Waals surface area contributed by atoms with Gasteiger partial charge in [0.05, 0.1) is 12.6 Å². The molecule has 1 aromatic rings. The highest BCUT2D eigenvalue weighted by Crippen LogP contribution is 2.12. The van der Waals surface area contributed by atoms with Crippen LogP contribution in [-0.4, -0.2) is 42.0 Å². The summed E-state index contributed by atoms with van der Waals surface area (Å²) in [6.07, 6.45) is 0. The zero-order valence-electron chi connectivity index (χ0n) is 10.3. The Labute approximate surface area is 103 Å². The van der Waals surface area contributed by atoms with E-state index in [0.717, 1.165) is 26.2 Å².